The smallest absolute Gasteiger partial charge is 0.128 e. The van der Waals surface area contributed by atoms with E-state index in [1.165, 1.54) is 88.2 Å². The lowest BCUT2D eigenvalue weighted by Crippen LogP contribution is -2.20. The lowest BCUT2D eigenvalue weighted by molar-refractivity contribution is 0.177. The van der Waals surface area contributed by atoms with Crippen LogP contribution >= 0.6 is 0 Å². The second-order valence-electron chi connectivity index (χ2n) is 10.2. The molecular weight excluding hydrogens is 404 g/mol. The van der Waals surface area contributed by atoms with E-state index < -0.39 is 0 Å². The Morgan fingerprint density at radius 1 is 0.818 bits per heavy atom. The van der Waals surface area contributed by atoms with Gasteiger partial charge in [0.15, 0.2) is 0 Å². The number of unbranched alkanes of at least 4 members (excludes halogenated alkanes) is 6. The van der Waals surface area contributed by atoms with Crippen molar-refractivity contribution in [2.75, 3.05) is 6.61 Å². The molecule has 1 aliphatic rings. The van der Waals surface area contributed by atoms with Crippen molar-refractivity contribution in [2.24, 2.45) is 11.8 Å². The minimum absolute atomic E-state index is 0.717. The van der Waals surface area contributed by atoms with Crippen molar-refractivity contribution in [1.82, 2.24) is 9.97 Å². The highest BCUT2D eigenvalue weighted by Gasteiger charge is 2.21. The fourth-order valence-corrected chi connectivity index (χ4v) is 5.19. The van der Waals surface area contributed by atoms with Gasteiger partial charge >= 0.3 is 0 Å². The maximum atomic E-state index is 6.22. The van der Waals surface area contributed by atoms with Crippen LogP contribution in [0.2, 0.25) is 0 Å². The molecule has 0 unspecified atom stereocenters. The molecule has 1 aliphatic carbocycles. The molecule has 3 nitrogen and oxygen atoms in total. The number of hydrogen-bond donors (Lipinski definition) is 0. The Hall–Kier alpha value is -1.90. The highest BCUT2D eigenvalue weighted by Crippen LogP contribution is 2.33. The number of aromatic nitrogens is 2. The van der Waals surface area contributed by atoms with Crippen LogP contribution in [-0.2, 0) is 6.42 Å². The predicted molar refractivity (Wildman–Crippen MR) is 140 cm³/mol. The van der Waals surface area contributed by atoms with E-state index in [-0.39, 0.29) is 0 Å². The Bertz CT molecular complexity index is 793. The summed E-state index contributed by atoms with van der Waals surface area (Å²) in [6.07, 6.45) is 22.8. The third kappa shape index (κ3) is 8.76. The topological polar surface area (TPSA) is 35.0 Å². The van der Waals surface area contributed by atoms with Crippen LogP contribution in [0, 0.1) is 18.8 Å². The molecule has 3 rings (SSSR count). The van der Waals surface area contributed by atoms with Crippen molar-refractivity contribution >= 4 is 0 Å². The maximum absolute atomic E-state index is 6.22. The molecule has 0 atom stereocenters. The molecule has 0 aliphatic heterocycles. The number of nitrogens with zero attached hydrogens (tertiary/aromatic N) is 2. The summed E-state index contributed by atoms with van der Waals surface area (Å²) in [6.45, 7) is 7.46. The first-order chi connectivity index (χ1) is 16.2. The quantitative estimate of drug-likeness (QED) is 0.270. The summed E-state index contributed by atoms with van der Waals surface area (Å²) in [7, 11) is 0. The zero-order valence-corrected chi connectivity index (χ0v) is 21.5. The molecule has 0 radical (unpaired) electrons. The molecule has 2 aromatic rings. The van der Waals surface area contributed by atoms with Gasteiger partial charge in [-0.1, -0.05) is 84.1 Å². The summed E-state index contributed by atoms with van der Waals surface area (Å²) in [5.41, 5.74) is 3.49. The first-order valence-corrected chi connectivity index (χ1v) is 13.7. The van der Waals surface area contributed by atoms with E-state index in [1.54, 1.807) is 0 Å². The van der Waals surface area contributed by atoms with Crippen LogP contribution in [0.5, 0.6) is 5.75 Å². The summed E-state index contributed by atoms with van der Waals surface area (Å²) >= 11 is 0. The second-order valence-corrected chi connectivity index (χ2v) is 10.2. The molecule has 0 amide bonds. The molecule has 1 aromatic carbocycles. The third-order valence-corrected chi connectivity index (χ3v) is 7.36. The summed E-state index contributed by atoms with van der Waals surface area (Å²) in [5.74, 6) is 3.60. The van der Waals surface area contributed by atoms with Crippen LogP contribution in [0.3, 0.4) is 0 Å². The molecular formula is C30H46N2O. The number of rotatable bonds is 14. The monoisotopic (exact) mass is 450 g/mol. The third-order valence-electron chi connectivity index (χ3n) is 7.36. The summed E-state index contributed by atoms with van der Waals surface area (Å²) < 4.78 is 6.22. The SMILES string of the molecule is CCCCCCCCCC1CCC(COc2ccc(-c3cnc(CCC)nc3)c(C)c2)CC1. The number of aryl methyl sites for hydroxylation is 2. The molecule has 0 spiro atoms. The normalized spacial score (nSPS) is 18.4. The summed E-state index contributed by atoms with van der Waals surface area (Å²) in [5, 5.41) is 0. The largest absolute Gasteiger partial charge is 0.493 e. The van der Waals surface area contributed by atoms with Crippen molar-refractivity contribution < 1.29 is 4.74 Å². The molecule has 33 heavy (non-hydrogen) atoms. The van der Waals surface area contributed by atoms with Gasteiger partial charge in [-0.15, -0.1) is 0 Å². The molecule has 0 bridgehead atoms. The standard InChI is InChI=1S/C30H46N2O/c1-4-6-7-8-9-10-11-13-25-14-16-26(17-15-25)23-33-28-18-19-29(24(3)20-28)27-21-31-30(12-5-2)32-22-27/h18-22,25-26H,4-17,23H2,1-3H3. The Kier molecular flexibility index (Phi) is 11.2. The summed E-state index contributed by atoms with van der Waals surface area (Å²) in [6, 6.07) is 6.43. The van der Waals surface area contributed by atoms with Gasteiger partial charge in [-0.3, -0.25) is 0 Å². The van der Waals surface area contributed by atoms with E-state index in [2.05, 4.69) is 48.9 Å². The fourth-order valence-electron chi connectivity index (χ4n) is 5.19. The molecule has 0 N–H and O–H groups in total. The molecule has 0 saturated heterocycles. The van der Waals surface area contributed by atoms with Gasteiger partial charge in [0.05, 0.1) is 6.61 Å². The Balaban J connectivity index is 1.36. The summed E-state index contributed by atoms with van der Waals surface area (Å²) in [4.78, 5) is 9.02. The molecule has 1 heterocycles. The van der Waals surface area contributed by atoms with Crippen molar-refractivity contribution in [3.8, 4) is 16.9 Å². The first kappa shape index (κ1) is 25.7. The van der Waals surface area contributed by atoms with Crippen molar-refractivity contribution in [1.29, 1.82) is 0 Å². The first-order valence-electron chi connectivity index (χ1n) is 13.7. The zero-order valence-electron chi connectivity index (χ0n) is 21.5. The average Bonchev–Trinajstić information content (AvgIpc) is 2.84. The fraction of sp³-hybridized carbons (Fsp3) is 0.667. The molecule has 182 valence electrons. The van der Waals surface area contributed by atoms with Gasteiger partial charge < -0.3 is 4.74 Å². The zero-order chi connectivity index (χ0) is 23.3. The van der Waals surface area contributed by atoms with Crippen molar-refractivity contribution in [3.05, 3.63) is 42.0 Å². The second kappa shape index (κ2) is 14.4. The number of hydrogen-bond acceptors (Lipinski definition) is 3. The maximum Gasteiger partial charge on any atom is 0.128 e. The molecule has 1 saturated carbocycles. The molecule has 1 fully saturated rings. The molecule has 3 heteroatoms. The Labute approximate surface area is 202 Å². The highest BCUT2D eigenvalue weighted by molar-refractivity contribution is 5.66. The van der Waals surface area contributed by atoms with Crippen LogP contribution in [0.15, 0.2) is 30.6 Å². The van der Waals surface area contributed by atoms with Gasteiger partial charge in [0.25, 0.3) is 0 Å². The van der Waals surface area contributed by atoms with E-state index in [0.29, 0.717) is 0 Å². The average molecular weight is 451 g/mol. The highest BCUT2D eigenvalue weighted by atomic mass is 16.5. The van der Waals surface area contributed by atoms with Gasteiger partial charge in [0.1, 0.15) is 11.6 Å². The predicted octanol–water partition coefficient (Wildman–Crippen LogP) is 8.73. The Morgan fingerprint density at radius 2 is 1.48 bits per heavy atom. The van der Waals surface area contributed by atoms with Gasteiger partial charge in [-0.2, -0.15) is 0 Å². The van der Waals surface area contributed by atoms with Crippen LogP contribution in [0.25, 0.3) is 11.1 Å². The van der Waals surface area contributed by atoms with Crippen LogP contribution < -0.4 is 4.74 Å². The van der Waals surface area contributed by atoms with Gasteiger partial charge in [-0.05, 0) is 61.3 Å². The van der Waals surface area contributed by atoms with E-state index in [4.69, 9.17) is 4.74 Å². The number of benzene rings is 1. The minimum Gasteiger partial charge on any atom is -0.493 e. The van der Waals surface area contributed by atoms with Crippen molar-refractivity contribution in [2.45, 2.75) is 111 Å². The van der Waals surface area contributed by atoms with E-state index >= 15 is 0 Å². The van der Waals surface area contributed by atoms with Gasteiger partial charge in [0, 0.05) is 24.4 Å². The van der Waals surface area contributed by atoms with Gasteiger partial charge in [-0.25, -0.2) is 9.97 Å². The van der Waals surface area contributed by atoms with Crippen LogP contribution in [-0.4, -0.2) is 16.6 Å². The van der Waals surface area contributed by atoms with Gasteiger partial charge in [0.2, 0.25) is 0 Å². The minimum atomic E-state index is 0.717. The van der Waals surface area contributed by atoms with E-state index in [9.17, 15) is 0 Å². The number of ether oxygens (including phenoxy) is 1. The lowest BCUT2D eigenvalue weighted by Gasteiger charge is -2.28. The van der Waals surface area contributed by atoms with Crippen LogP contribution in [0.4, 0.5) is 0 Å². The van der Waals surface area contributed by atoms with Crippen molar-refractivity contribution in [3.63, 3.8) is 0 Å². The van der Waals surface area contributed by atoms with Crippen LogP contribution in [0.1, 0.15) is 109 Å². The van der Waals surface area contributed by atoms with E-state index in [0.717, 1.165) is 48.4 Å². The Morgan fingerprint density at radius 3 is 2.15 bits per heavy atom. The van der Waals surface area contributed by atoms with E-state index in [1.807, 2.05) is 12.4 Å². The lowest BCUT2D eigenvalue weighted by atomic mass is 9.80. The molecule has 1 aromatic heterocycles.